The van der Waals surface area contributed by atoms with E-state index in [-0.39, 0.29) is 6.10 Å². The molecule has 0 aromatic heterocycles. The zero-order valence-electron chi connectivity index (χ0n) is 13.5. The monoisotopic (exact) mass is 326 g/mol. The topological polar surface area (TPSA) is 24.9 Å². The van der Waals surface area contributed by atoms with Crippen molar-refractivity contribution in [1.29, 1.82) is 0 Å². The Hall–Kier alpha value is -1.08. The molecule has 0 spiro atoms. The first kappa shape index (κ1) is 16.8. The number of methoxy groups -OCH3 is 1. The molecule has 4 nitrogen and oxygen atoms in total. The normalized spacial score (nSPS) is 26.2. The van der Waals surface area contributed by atoms with Crippen LogP contribution in [0.15, 0.2) is 18.2 Å². The smallest absolute Gasteiger partial charge is 0.163 e. The van der Waals surface area contributed by atoms with Gasteiger partial charge >= 0.3 is 0 Å². The predicted octanol–water partition coefficient (Wildman–Crippen LogP) is 1.89. The van der Waals surface area contributed by atoms with Gasteiger partial charge in [-0.2, -0.15) is 0 Å². The third-order valence-electron chi connectivity index (χ3n) is 4.79. The molecule has 0 N–H and O–H groups in total. The van der Waals surface area contributed by atoms with Gasteiger partial charge in [-0.15, -0.1) is 0 Å². The number of nitrogens with zero attached hydrogens (tertiary/aromatic N) is 2. The van der Waals surface area contributed by atoms with E-state index in [1.54, 1.807) is 19.2 Å². The SMILES string of the molecule is COCCN1CCO[C@@H]2CCN(Cc3cccc(F)c3F)C[C@H]21. The number of fused-ring (bicyclic) bond motifs is 1. The van der Waals surface area contributed by atoms with Crippen molar-refractivity contribution >= 4 is 0 Å². The average Bonchev–Trinajstić information content (AvgIpc) is 2.57. The molecule has 1 aromatic rings. The Balaban J connectivity index is 1.65. The van der Waals surface area contributed by atoms with Crippen molar-refractivity contribution < 1.29 is 18.3 Å². The molecule has 3 rings (SSSR count). The highest BCUT2D eigenvalue weighted by molar-refractivity contribution is 5.19. The van der Waals surface area contributed by atoms with Crippen LogP contribution in [0.5, 0.6) is 0 Å². The van der Waals surface area contributed by atoms with Crippen LogP contribution in [0.25, 0.3) is 0 Å². The van der Waals surface area contributed by atoms with Crippen LogP contribution < -0.4 is 0 Å². The van der Waals surface area contributed by atoms with E-state index in [1.807, 2.05) is 0 Å². The van der Waals surface area contributed by atoms with Gasteiger partial charge in [-0.25, -0.2) is 8.78 Å². The second-order valence-electron chi connectivity index (χ2n) is 6.24. The van der Waals surface area contributed by atoms with E-state index in [0.717, 1.165) is 45.3 Å². The summed E-state index contributed by atoms with van der Waals surface area (Å²) in [6.45, 7) is 5.31. The van der Waals surface area contributed by atoms with Crippen molar-refractivity contribution in [3.8, 4) is 0 Å². The minimum atomic E-state index is -0.778. The number of ether oxygens (including phenoxy) is 2. The number of morpholine rings is 1. The largest absolute Gasteiger partial charge is 0.383 e. The van der Waals surface area contributed by atoms with Crippen LogP contribution in [0.3, 0.4) is 0 Å². The highest BCUT2D eigenvalue weighted by Gasteiger charge is 2.36. The maximum Gasteiger partial charge on any atom is 0.163 e. The Kier molecular flexibility index (Phi) is 5.58. The Labute approximate surface area is 136 Å². The van der Waals surface area contributed by atoms with Gasteiger partial charge in [-0.3, -0.25) is 9.80 Å². The molecule has 0 radical (unpaired) electrons. The molecule has 6 heteroatoms. The number of hydrogen-bond acceptors (Lipinski definition) is 4. The van der Waals surface area contributed by atoms with E-state index in [1.165, 1.54) is 0 Å². The first-order chi connectivity index (χ1) is 11.2. The Bertz CT molecular complexity index is 529. The minimum Gasteiger partial charge on any atom is -0.383 e. The van der Waals surface area contributed by atoms with Crippen LogP contribution in [0.2, 0.25) is 0 Å². The summed E-state index contributed by atoms with van der Waals surface area (Å²) in [5.41, 5.74) is 0.420. The summed E-state index contributed by atoms with van der Waals surface area (Å²) in [5, 5.41) is 0. The zero-order valence-corrected chi connectivity index (χ0v) is 13.5. The molecule has 128 valence electrons. The van der Waals surface area contributed by atoms with Crippen molar-refractivity contribution in [2.45, 2.75) is 25.1 Å². The van der Waals surface area contributed by atoms with Crippen LogP contribution in [0.4, 0.5) is 8.78 Å². The second kappa shape index (κ2) is 7.66. The van der Waals surface area contributed by atoms with Gasteiger partial charge in [-0.1, -0.05) is 12.1 Å². The molecule has 2 aliphatic heterocycles. The van der Waals surface area contributed by atoms with Gasteiger partial charge in [0.25, 0.3) is 0 Å². The third-order valence-corrected chi connectivity index (χ3v) is 4.79. The average molecular weight is 326 g/mol. The lowest BCUT2D eigenvalue weighted by Gasteiger charge is -2.47. The van der Waals surface area contributed by atoms with E-state index in [2.05, 4.69) is 9.80 Å². The molecular weight excluding hydrogens is 302 g/mol. The molecule has 23 heavy (non-hydrogen) atoms. The highest BCUT2D eigenvalue weighted by Crippen LogP contribution is 2.24. The lowest BCUT2D eigenvalue weighted by molar-refractivity contribution is -0.107. The van der Waals surface area contributed by atoms with Crippen molar-refractivity contribution in [3.63, 3.8) is 0 Å². The molecule has 2 fully saturated rings. The first-order valence-electron chi connectivity index (χ1n) is 8.19. The number of piperidine rings is 1. The molecule has 0 saturated carbocycles. The van der Waals surface area contributed by atoms with E-state index in [9.17, 15) is 8.78 Å². The lowest BCUT2D eigenvalue weighted by Crippen LogP contribution is -2.60. The predicted molar refractivity (Wildman–Crippen MR) is 83.2 cm³/mol. The Morgan fingerprint density at radius 1 is 1.30 bits per heavy atom. The summed E-state index contributed by atoms with van der Waals surface area (Å²) >= 11 is 0. The van der Waals surface area contributed by atoms with Crippen molar-refractivity contribution in [2.24, 2.45) is 0 Å². The molecule has 2 heterocycles. The molecule has 0 amide bonds. The molecule has 2 atom stereocenters. The fourth-order valence-corrected chi connectivity index (χ4v) is 3.55. The van der Waals surface area contributed by atoms with Gasteiger partial charge in [0.05, 0.1) is 19.3 Å². The molecule has 2 aliphatic rings. The standard InChI is InChI=1S/C17H24F2N2O2/c1-22-9-7-21-8-10-23-16-5-6-20(12-15(16)21)11-13-3-2-4-14(18)17(13)19/h2-4,15-16H,5-12H2,1H3/t15-,16-/m1/s1. The molecule has 0 unspecified atom stereocenters. The molecule has 2 saturated heterocycles. The van der Waals surface area contributed by atoms with Crippen LogP contribution in [0.1, 0.15) is 12.0 Å². The van der Waals surface area contributed by atoms with Crippen LogP contribution >= 0.6 is 0 Å². The maximum absolute atomic E-state index is 13.9. The summed E-state index contributed by atoms with van der Waals surface area (Å²) in [5.74, 6) is -1.51. The van der Waals surface area contributed by atoms with Gasteiger partial charge in [0.1, 0.15) is 0 Å². The zero-order chi connectivity index (χ0) is 16.2. The molecule has 0 aliphatic carbocycles. The van der Waals surface area contributed by atoms with E-state index in [0.29, 0.717) is 24.8 Å². The van der Waals surface area contributed by atoms with Crippen LogP contribution in [0, 0.1) is 11.6 Å². The minimum absolute atomic E-state index is 0.231. The van der Waals surface area contributed by atoms with Gasteiger partial charge < -0.3 is 9.47 Å². The highest BCUT2D eigenvalue weighted by atomic mass is 19.2. The molecular formula is C17H24F2N2O2. The number of likely N-dealkylation sites (tertiary alicyclic amines) is 1. The summed E-state index contributed by atoms with van der Waals surface area (Å²) in [7, 11) is 1.71. The second-order valence-corrected chi connectivity index (χ2v) is 6.24. The third kappa shape index (κ3) is 3.88. The fourth-order valence-electron chi connectivity index (χ4n) is 3.55. The summed E-state index contributed by atoms with van der Waals surface area (Å²) in [6, 6.07) is 4.68. The number of hydrogen-bond donors (Lipinski definition) is 0. The van der Waals surface area contributed by atoms with Crippen LogP contribution in [-0.2, 0) is 16.0 Å². The maximum atomic E-state index is 13.9. The molecule has 0 bridgehead atoms. The van der Waals surface area contributed by atoms with Crippen molar-refractivity contribution in [3.05, 3.63) is 35.4 Å². The van der Waals surface area contributed by atoms with E-state index >= 15 is 0 Å². The Morgan fingerprint density at radius 2 is 2.17 bits per heavy atom. The number of rotatable bonds is 5. The van der Waals surface area contributed by atoms with Crippen molar-refractivity contribution in [1.82, 2.24) is 9.80 Å². The summed E-state index contributed by atoms with van der Waals surface area (Å²) in [4.78, 5) is 4.58. The van der Waals surface area contributed by atoms with Gasteiger partial charge in [0.15, 0.2) is 11.6 Å². The lowest BCUT2D eigenvalue weighted by atomic mass is 9.98. The molecule has 1 aromatic carbocycles. The Morgan fingerprint density at radius 3 is 3.00 bits per heavy atom. The summed E-state index contributed by atoms with van der Waals surface area (Å²) in [6.07, 6.45) is 1.15. The van der Waals surface area contributed by atoms with E-state index in [4.69, 9.17) is 9.47 Å². The van der Waals surface area contributed by atoms with Crippen LogP contribution in [-0.4, -0.2) is 68.4 Å². The van der Waals surface area contributed by atoms with E-state index < -0.39 is 11.6 Å². The van der Waals surface area contributed by atoms with Gasteiger partial charge in [-0.05, 0) is 12.5 Å². The van der Waals surface area contributed by atoms with Gasteiger partial charge in [0.2, 0.25) is 0 Å². The van der Waals surface area contributed by atoms with Gasteiger partial charge in [0, 0.05) is 51.4 Å². The number of halogens is 2. The number of benzene rings is 1. The quantitative estimate of drug-likeness (QED) is 0.825. The first-order valence-corrected chi connectivity index (χ1v) is 8.19. The van der Waals surface area contributed by atoms with Crippen molar-refractivity contribution in [2.75, 3.05) is 46.5 Å². The fraction of sp³-hybridized carbons (Fsp3) is 0.647. The summed E-state index contributed by atoms with van der Waals surface area (Å²) < 4.78 is 38.3.